The molecule has 0 aliphatic carbocycles. The van der Waals surface area contributed by atoms with Crippen molar-refractivity contribution in [3.8, 4) is 0 Å². The van der Waals surface area contributed by atoms with Crippen molar-refractivity contribution in [1.29, 1.82) is 0 Å². The molecular weight excluding hydrogens is 316 g/mol. The summed E-state index contributed by atoms with van der Waals surface area (Å²) in [4.78, 5) is 25.5. The van der Waals surface area contributed by atoms with Crippen molar-refractivity contribution in [2.75, 3.05) is 53.6 Å². The van der Waals surface area contributed by atoms with Crippen molar-refractivity contribution >= 4 is 11.9 Å². The molecule has 0 fully saturated rings. The molecule has 1 aromatic rings. The van der Waals surface area contributed by atoms with Gasteiger partial charge in [-0.25, -0.2) is 4.79 Å². The number of aliphatic hydroxyl groups is 3. The van der Waals surface area contributed by atoms with Gasteiger partial charge in [0.05, 0.1) is 30.9 Å². The number of carbonyl (C=O) groups excluding carboxylic acids is 1. The van der Waals surface area contributed by atoms with Crippen molar-refractivity contribution in [3.05, 3.63) is 35.4 Å². The maximum absolute atomic E-state index is 11.5. The molecule has 1 rings (SSSR count). The first kappa shape index (κ1) is 22.0. The van der Waals surface area contributed by atoms with E-state index in [0.29, 0.717) is 19.6 Å². The Hall–Kier alpha value is -2.00. The van der Waals surface area contributed by atoms with Gasteiger partial charge in [0.25, 0.3) is 5.91 Å². The molecule has 8 heteroatoms. The van der Waals surface area contributed by atoms with Crippen molar-refractivity contribution in [2.45, 2.75) is 0 Å². The Balaban J connectivity index is 0.000000470. The molecule has 1 aromatic carbocycles. The Labute approximate surface area is 141 Å². The normalized spacial score (nSPS) is 10.1. The number of rotatable bonds is 8. The van der Waals surface area contributed by atoms with Crippen LogP contribution in [0.15, 0.2) is 24.3 Å². The lowest BCUT2D eigenvalue weighted by Gasteiger charge is -2.17. The zero-order chi connectivity index (χ0) is 18.5. The van der Waals surface area contributed by atoms with Gasteiger partial charge in [0, 0.05) is 33.7 Å². The SMILES string of the molecule is CN(C)C(=O)c1ccccc1C(=O)O.OCCN(CCO)CCO. The average molecular weight is 342 g/mol. The number of aliphatic hydroxyl groups excluding tert-OH is 3. The first-order chi connectivity index (χ1) is 11.4. The van der Waals surface area contributed by atoms with Gasteiger partial charge in [-0.1, -0.05) is 12.1 Å². The Morgan fingerprint density at radius 2 is 1.29 bits per heavy atom. The van der Waals surface area contributed by atoms with Crippen LogP contribution in [0.25, 0.3) is 0 Å². The van der Waals surface area contributed by atoms with Crippen molar-refractivity contribution in [2.24, 2.45) is 0 Å². The molecular formula is C16H26N2O6. The second-order valence-electron chi connectivity index (χ2n) is 5.06. The predicted octanol–water partition coefficient (Wildman–Crippen LogP) is -0.648. The third-order valence-electron chi connectivity index (χ3n) is 3.04. The third-order valence-corrected chi connectivity index (χ3v) is 3.04. The van der Waals surface area contributed by atoms with E-state index in [2.05, 4.69) is 0 Å². The Kier molecular flexibility index (Phi) is 11.4. The van der Waals surface area contributed by atoms with Crippen molar-refractivity contribution < 1.29 is 30.0 Å². The summed E-state index contributed by atoms with van der Waals surface area (Å²) >= 11 is 0. The van der Waals surface area contributed by atoms with Crippen molar-refractivity contribution in [1.82, 2.24) is 9.80 Å². The van der Waals surface area contributed by atoms with Gasteiger partial charge in [-0.2, -0.15) is 0 Å². The maximum Gasteiger partial charge on any atom is 0.336 e. The Morgan fingerprint density at radius 3 is 1.62 bits per heavy atom. The summed E-state index contributed by atoms with van der Waals surface area (Å²) < 4.78 is 0. The summed E-state index contributed by atoms with van der Waals surface area (Å²) in [7, 11) is 3.17. The number of hydrogen-bond donors (Lipinski definition) is 4. The topological polar surface area (TPSA) is 122 Å². The fourth-order valence-electron chi connectivity index (χ4n) is 1.86. The van der Waals surface area contributed by atoms with Crippen LogP contribution in [0, 0.1) is 0 Å². The summed E-state index contributed by atoms with van der Waals surface area (Å²) in [5, 5.41) is 34.3. The summed E-state index contributed by atoms with van der Waals surface area (Å²) in [6.45, 7) is 1.75. The smallest absolute Gasteiger partial charge is 0.336 e. The van der Waals surface area contributed by atoms with E-state index in [4.69, 9.17) is 20.4 Å². The van der Waals surface area contributed by atoms with E-state index in [1.165, 1.54) is 17.0 Å². The molecule has 8 nitrogen and oxygen atoms in total. The van der Waals surface area contributed by atoms with Crippen LogP contribution in [0.5, 0.6) is 0 Å². The van der Waals surface area contributed by atoms with Crippen LogP contribution in [0.1, 0.15) is 20.7 Å². The molecule has 0 radical (unpaired) electrons. The van der Waals surface area contributed by atoms with E-state index in [-0.39, 0.29) is 36.9 Å². The molecule has 0 spiro atoms. The van der Waals surface area contributed by atoms with Crippen LogP contribution < -0.4 is 0 Å². The second-order valence-corrected chi connectivity index (χ2v) is 5.06. The standard InChI is InChI=1S/C10H11NO3.C6H15NO3/c1-11(2)9(12)7-5-3-4-6-8(7)10(13)14;8-4-1-7(2-5-9)3-6-10/h3-6H,1-2H3,(H,13,14);8-10H,1-6H2. The summed E-state index contributed by atoms with van der Waals surface area (Å²) in [5.74, 6) is -1.39. The fraction of sp³-hybridized carbons (Fsp3) is 0.500. The predicted molar refractivity (Wildman–Crippen MR) is 89.1 cm³/mol. The monoisotopic (exact) mass is 342 g/mol. The number of carbonyl (C=O) groups is 2. The fourth-order valence-corrected chi connectivity index (χ4v) is 1.86. The molecule has 0 aromatic heterocycles. The van der Waals surface area contributed by atoms with Gasteiger partial charge < -0.3 is 25.3 Å². The highest BCUT2D eigenvalue weighted by Gasteiger charge is 2.16. The van der Waals surface area contributed by atoms with Crippen LogP contribution in [0.2, 0.25) is 0 Å². The molecule has 0 bridgehead atoms. The van der Waals surface area contributed by atoms with Gasteiger partial charge in [0.2, 0.25) is 0 Å². The molecule has 4 N–H and O–H groups in total. The summed E-state index contributed by atoms with van der Waals surface area (Å²) in [6, 6.07) is 6.16. The average Bonchev–Trinajstić information content (AvgIpc) is 2.55. The van der Waals surface area contributed by atoms with Crippen molar-refractivity contribution in [3.63, 3.8) is 0 Å². The van der Waals surface area contributed by atoms with Gasteiger partial charge in [-0.15, -0.1) is 0 Å². The van der Waals surface area contributed by atoms with E-state index in [1.807, 2.05) is 0 Å². The lowest BCUT2D eigenvalue weighted by Crippen LogP contribution is -2.32. The number of benzene rings is 1. The minimum absolute atomic E-state index is 0.0335. The van der Waals surface area contributed by atoms with Gasteiger partial charge in [0.1, 0.15) is 0 Å². The number of aromatic carboxylic acids is 1. The molecule has 0 saturated carbocycles. The third kappa shape index (κ3) is 8.02. The highest BCUT2D eigenvalue weighted by molar-refractivity contribution is 6.04. The number of nitrogens with zero attached hydrogens (tertiary/aromatic N) is 2. The van der Waals surface area contributed by atoms with Gasteiger partial charge >= 0.3 is 5.97 Å². The maximum atomic E-state index is 11.5. The zero-order valence-electron chi connectivity index (χ0n) is 14.1. The largest absolute Gasteiger partial charge is 0.478 e. The van der Waals surface area contributed by atoms with Crippen LogP contribution in [0.3, 0.4) is 0 Å². The van der Waals surface area contributed by atoms with Crippen LogP contribution in [-0.4, -0.2) is 95.7 Å². The molecule has 0 saturated heterocycles. The van der Waals surface area contributed by atoms with Crippen LogP contribution in [0.4, 0.5) is 0 Å². The Bertz CT molecular complexity index is 493. The van der Waals surface area contributed by atoms with E-state index in [9.17, 15) is 9.59 Å². The van der Waals surface area contributed by atoms with E-state index in [1.54, 1.807) is 31.1 Å². The Morgan fingerprint density at radius 1 is 0.875 bits per heavy atom. The highest BCUT2D eigenvalue weighted by Crippen LogP contribution is 2.10. The molecule has 0 unspecified atom stereocenters. The summed E-state index contributed by atoms with van der Waals surface area (Å²) in [6.07, 6.45) is 0. The first-order valence-corrected chi connectivity index (χ1v) is 7.47. The quantitative estimate of drug-likeness (QED) is 0.495. The molecule has 1 amide bonds. The van der Waals surface area contributed by atoms with Gasteiger partial charge in [-0.3, -0.25) is 9.69 Å². The zero-order valence-corrected chi connectivity index (χ0v) is 14.1. The molecule has 0 aliphatic rings. The van der Waals surface area contributed by atoms with Gasteiger partial charge in [-0.05, 0) is 12.1 Å². The lowest BCUT2D eigenvalue weighted by molar-refractivity contribution is 0.0685. The van der Waals surface area contributed by atoms with Crippen LogP contribution >= 0.6 is 0 Å². The molecule has 0 heterocycles. The number of carboxylic acid groups (broad SMARTS) is 1. The lowest BCUT2D eigenvalue weighted by atomic mass is 10.1. The molecule has 0 atom stereocenters. The number of amides is 1. The van der Waals surface area contributed by atoms with E-state index in [0.717, 1.165) is 0 Å². The highest BCUT2D eigenvalue weighted by atomic mass is 16.4. The van der Waals surface area contributed by atoms with Gasteiger partial charge in [0.15, 0.2) is 0 Å². The molecule has 24 heavy (non-hydrogen) atoms. The first-order valence-electron chi connectivity index (χ1n) is 7.47. The van der Waals surface area contributed by atoms with Crippen LogP contribution in [-0.2, 0) is 0 Å². The second kappa shape index (κ2) is 12.4. The minimum Gasteiger partial charge on any atom is -0.478 e. The molecule has 0 aliphatic heterocycles. The van der Waals surface area contributed by atoms with E-state index >= 15 is 0 Å². The minimum atomic E-state index is -1.09. The summed E-state index contributed by atoms with van der Waals surface area (Å²) in [5.41, 5.74) is 0.246. The number of carboxylic acids is 1. The molecule has 136 valence electrons. The van der Waals surface area contributed by atoms with E-state index < -0.39 is 5.97 Å². The number of hydrogen-bond acceptors (Lipinski definition) is 6.